The van der Waals surface area contributed by atoms with E-state index in [0.29, 0.717) is 6.42 Å². The maximum absolute atomic E-state index is 12.6. The second kappa shape index (κ2) is 5.71. The quantitative estimate of drug-likeness (QED) is 0.834. The van der Waals surface area contributed by atoms with Crippen molar-refractivity contribution in [1.82, 2.24) is 9.80 Å². The summed E-state index contributed by atoms with van der Waals surface area (Å²) in [6.45, 7) is 9.33. The Balaban J connectivity index is 1.63. The molecule has 1 aromatic rings. The van der Waals surface area contributed by atoms with Crippen molar-refractivity contribution in [2.75, 3.05) is 39.8 Å². The summed E-state index contributed by atoms with van der Waals surface area (Å²) in [6.07, 6.45) is 2.63. The number of rotatable bonds is 2. The summed E-state index contributed by atoms with van der Waals surface area (Å²) < 4.78 is 6.11. The summed E-state index contributed by atoms with van der Waals surface area (Å²) in [4.78, 5) is 17.4. The van der Waals surface area contributed by atoms with E-state index in [1.54, 1.807) is 0 Å². The fraction of sp³-hybridized carbons (Fsp3) is 0.550. The number of benzene rings is 1. The lowest BCUT2D eigenvalue weighted by molar-refractivity contribution is -0.118. The molecule has 2 atom stereocenters. The van der Waals surface area contributed by atoms with Gasteiger partial charge in [-0.3, -0.25) is 9.69 Å². The van der Waals surface area contributed by atoms with Crippen LogP contribution >= 0.6 is 0 Å². The summed E-state index contributed by atoms with van der Waals surface area (Å²) in [5.74, 6) is 1.19. The molecule has 0 amide bonds. The SMILES string of the molecule is Cc1ccc2c(c1)[C@]1(C)C=C(CN3CCN(C)CC3)C(=O)C[C@H]1O2. The molecule has 1 saturated heterocycles. The van der Waals surface area contributed by atoms with Crippen molar-refractivity contribution in [3.63, 3.8) is 0 Å². The van der Waals surface area contributed by atoms with Crippen LogP contribution in [0.2, 0.25) is 0 Å². The van der Waals surface area contributed by atoms with Gasteiger partial charge in [0.1, 0.15) is 11.9 Å². The Hall–Kier alpha value is -1.65. The van der Waals surface area contributed by atoms with Gasteiger partial charge in [-0.2, -0.15) is 0 Å². The minimum Gasteiger partial charge on any atom is -0.488 e. The van der Waals surface area contributed by atoms with Gasteiger partial charge in [-0.05, 0) is 27.0 Å². The molecular formula is C20H26N2O2. The molecule has 4 heteroatoms. The third kappa shape index (κ3) is 2.58. The lowest BCUT2D eigenvalue weighted by atomic mass is 9.71. The first-order valence-electron chi connectivity index (χ1n) is 8.89. The number of fused-ring (bicyclic) bond motifs is 3. The molecule has 4 rings (SSSR count). The van der Waals surface area contributed by atoms with E-state index < -0.39 is 0 Å². The maximum Gasteiger partial charge on any atom is 0.163 e. The summed E-state index contributed by atoms with van der Waals surface area (Å²) in [6, 6.07) is 6.35. The number of carbonyl (C=O) groups excluding carboxylic acids is 1. The topological polar surface area (TPSA) is 32.8 Å². The number of Topliss-reactive ketones (excluding diaryl/α,β-unsaturated/α-hetero) is 1. The minimum atomic E-state index is -0.183. The van der Waals surface area contributed by atoms with E-state index in [0.717, 1.165) is 44.0 Å². The lowest BCUT2D eigenvalue weighted by Gasteiger charge is -2.36. The molecule has 24 heavy (non-hydrogen) atoms. The van der Waals surface area contributed by atoms with Crippen LogP contribution in [0.25, 0.3) is 0 Å². The average molecular weight is 326 g/mol. The first-order valence-corrected chi connectivity index (χ1v) is 8.89. The Bertz CT molecular complexity index is 704. The molecule has 4 nitrogen and oxygen atoms in total. The molecule has 0 N–H and O–H groups in total. The second-order valence-electron chi connectivity index (χ2n) is 7.77. The summed E-state index contributed by atoms with van der Waals surface area (Å²) >= 11 is 0. The molecule has 128 valence electrons. The van der Waals surface area contributed by atoms with Crippen molar-refractivity contribution >= 4 is 5.78 Å². The molecule has 3 aliphatic rings. The number of carbonyl (C=O) groups is 1. The number of hydrogen-bond acceptors (Lipinski definition) is 4. The fourth-order valence-electron chi connectivity index (χ4n) is 4.16. The number of likely N-dealkylation sites (N-methyl/N-ethyl adjacent to an activating group) is 1. The molecule has 0 unspecified atom stereocenters. The third-order valence-electron chi connectivity index (χ3n) is 5.85. The highest BCUT2D eigenvalue weighted by Crippen LogP contribution is 2.48. The van der Waals surface area contributed by atoms with E-state index in [2.05, 4.69) is 48.9 Å². The summed E-state index contributed by atoms with van der Waals surface area (Å²) in [5.41, 5.74) is 3.26. The van der Waals surface area contributed by atoms with Crippen molar-refractivity contribution < 1.29 is 9.53 Å². The Kier molecular flexibility index (Phi) is 3.77. The van der Waals surface area contributed by atoms with E-state index in [1.165, 1.54) is 11.1 Å². The van der Waals surface area contributed by atoms with Crippen molar-refractivity contribution in [1.29, 1.82) is 0 Å². The number of piperazine rings is 1. The number of ether oxygens (including phenoxy) is 1. The highest BCUT2D eigenvalue weighted by molar-refractivity contribution is 5.98. The fourth-order valence-corrected chi connectivity index (χ4v) is 4.16. The summed E-state index contributed by atoms with van der Waals surface area (Å²) in [7, 11) is 2.16. The van der Waals surface area contributed by atoms with Gasteiger partial charge in [0.25, 0.3) is 0 Å². The molecule has 0 radical (unpaired) electrons. The van der Waals surface area contributed by atoms with Crippen molar-refractivity contribution in [3.05, 3.63) is 41.0 Å². The van der Waals surface area contributed by atoms with Crippen molar-refractivity contribution in [3.8, 4) is 5.75 Å². The zero-order valence-corrected chi connectivity index (χ0v) is 14.8. The Labute approximate surface area is 144 Å². The van der Waals surface area contributed by atoms with Crippen LogP contribution in [0.15, 0.2) is 29.8 Å². The lowest BCUT2D eigenvalue weighted by Crippen LogP contribution is -2.47. The van der Waals surface area contributed by atoms with Crippen LogP contribution in [0.3, 0.4) is 0 Å². The number of aryl methyl sites for hydroxylation is 1. The zero-order valence-electron chi connectivity index (χ0n) is 14.8. The van der Waals surface area contributed by atoms with E-state index in [9.17, 15) is 4.79 Å². The normalized spacial score (nSPS) is 30.5. The molecule has 2 heterocycles. The predicted octanol–water partition coefficient (Wildman–Crippen LogP) is 2.16. The molecular weight excluding hydrogens is 300 g/mol. The number of nitrogens with zero attached hydrogens (tertiary/aromatic N) is 2. The van der Waals surface area contributed by atoms with Gasteiger partial charge in [0.2, 0.25) is 0 Å². The highest BCUT2D eigenvalue weighted by atomic mass is 16.5. The van der Waals surface area contributed by atoms with Crippen LogP contribution in [-0.2, 0) is 10.2 Å². The van der Waals surface area contributed by atoms with Crippen LogP contribution in [0.1, 0.15) is 24.5 Å². The summed E-state index contributed by atoms with van der Waals surface area (Å²) in [5, 5.41) is 0. The van der Waals surface area contributed by atoms with Gasteiger partial charge in [-0.15, -0.1) is 0 Å². The smallest absolute Gasteiger partial charge is 0.163 e. The molecule has 1 aromatic carbocycles. The molecule has 2 aliphatic heterocycles. The van der Waals surface area contributed by atoms with Gasteiger partial charge in [0.05, 0.1) is 5.41 Å². The van der Waals surface area contributed by atoms with Gasteiger partial charge >= 0.3 is 0 Å². The maximum atomic E-state index is 12.6. The predicted molar refractivity (Wildman–Crippen MR) is 94.6 cm³/mol. The van der Waals surface area contributed by atoms with E-state index >= 15 is 0 Å². The molecule has 0 spiro atoms. The van der Waals surface area contributed by atoms with E-state index in [-0.39, 0.29) is 17.3 Å². The second-order valence-corrected chi connectivity index (χ2v) is 7.77. The van der Waals surface area contributed by atoms with Gasteiger partial charge < -0.3 is 9.64 Å². The standard InChI is InChI=1S/C20H26N2O2/c1-14-4-5-18-16(10-14)20(2)12-15(17(23)11-19(20)24-18)13-22-8-6-21(3)7-9-22/h4-5,10,12,19H,6-9,11,13H2,1-3H3/t19-,20+/m1/s1. The highest BCUT2D eigenvalue weighted by Gasteiger charge is 2.48. The molecule has 0 aromatic heterocycles. The zero-order chi connectivity index (χ0) is 16.9. The van der Waals surface area contributed by atoms with Crippen LogP contribution in [0.5, 0.6) is 5.75 Å². The molecule has 1 aliphatic carbocycles. The molecule has 0 saturated carbocycles. The van der Waals surface area contributed by atoms with Crippen LogP contribution in [0.4, 0.5) is 0 Å². The van der Waals surface area contributed by atoms with Crippen LogP contribution in [0, 0.1) is 6.92 Å². The van der Waals surface area contributed by atoms with Gasteiger partial charge in [-0.25, -0.2) is 0 Å². The van der Waals surface area contributed by atoms with Crippen molar-refractivity contribution in [2.24, 2.45) is 0 Å². The van der Waals surface area contributed by atoms with E-state index in [1.807, 2.05) is 6.07 Å². The minimum absolute atomic E-state index is 0.0574. The van der Waals surface area contributed by atoms with Gasteiger partial charge in [0.15, 0.2) is 5.78 Å². The Morgan fingerprint density at radius 2 is 2.00 bits per heavy atom. The first-order chi connectivity index (χ1) is 11.5. The number of ketones is 1. The van der Waals surface area contributed by atoms with Gasteiger partial charge in [0, 0.05) is 50.3 Å². The van der Waals surface area contributed by atoms with E-state index in [4.69, 9.17) is 4.74 Å². The first kappa shape index (κ1) is 15.9. The van der Waals surface area contributed by atoms with Gasteiger partial charge in [-0.1, -0.05) is 23.8 Å². The molecule has 1 fully saturated rings. The average Bonchev–Trinajstić information content (AvgIpc) is 2.82. The number of hydrogen-bond donors (Lipinski definition) is 0. The monoisotopic (exact) mass is 326 g/mol. The Morgan fingerprint density at radius 3 is 2.75 bits per heavy atom. The Morgan fingerprint density at radius 1 is 1.25 bits per heavy atom. The van der Waals surface area contributed by atoms with Crippen LogP contribution in [-0.4, -0.2) is 61.5 Å². The largest absolute Gasteiger partial charge is 0.488 e. The molecule has 0 bridgehead atoms. The van der Waals surface area contributed by atoms with Crippen LogP contribution < -0.4 is 4.74 Å². The third-order valence-corrected chi connectivity index (χ3v) is 5.85. The van der Waals surface area contributed by atoms with Crippen molar-refractivity contribution in [2.45, 2.75) is 31.8 Å².